The first-order valence-corrected chi connectivity index (χ1v) is 22.0. The van der Waals surface area contributed by atoms with Crippen molar-refractivity contribution in [2.24, 2.45) is 0 Å². The molecule has 8 aromatic rings. The third kappa shape index (κ3) is 7.94. The zero-order valence-corrected chi connectivity index (χ0v) is 35.8. The van der Waals surface area contributed by atoms with Crippen molar-refractivity contribution in [3.8, 4) is 44.9 Å². The summed E-state index contributed by atoms with van der Waals surface area (Å²) in [6.07, 6.45) is 1.75. The summed E-state index contributed by atoms with van der Waals surface area (Å²) in [5.41, 5.74) is 10.8. The highest BCUT2D eigenvalue weighted by atomic mass is 16.5. The zero-order chi connectivity index (χ0) is 43.2. The molecule has 0 heterocycles. The number of carbonyl (C=O) groups is 2. The maximum atomic E-state index is 12.1. The summed E-state index contributed by atoms with van der Waals surface area (Å²) < 4.78 is 23.2. The van der Waals surface area contributed by atoms with Gasteiger partial charge >= 0.3 is 11.9 Å². The molecule has 0 saturated heterocycles. The third-order valence-electron chi connectivity index (χ3n) is 12.1. The molecule has 0 aliphatic heterocycles. The highest BCUT2D eigenvalue weighted by Crippen LogP contribution is 2.57. The van der Waals surface area contributed by atoms with Gasteiger partial charge in [0.05, 0.1) is 31.8 Å². The van der Waals surface area contributed by atoms with Crippen LogP contribution in [0.25, 0.3) is 54.9 Å². The van der Waals surface area contributed by atoms with E-state index in [-0.39, 0.29) is 11.9 Å². The third-order valence-corrected chi connectivity index (χ3v) is 12.1. The number of fused-ring (bicyclic) bond motifs is 5. The van der Waals surface area contributed by atoms with Crippen LogP contribution in [0.1, 0.15) is 61.8 Å². The minimum absolute atomic E-state index is 0.208. The topological polar surface area (TPSA) is 71.1 Å². The molecule has 0 spiro atoms. The van der Waals surface area contributed by atoms with E-state index in [9.17, 15) is 9.59 Å². The van der Waals surface area contributed by atoms with E-state index in [1.165, 1.54) is 33.4 Å². The van der Waals surface area contributed by atoms with Crippen LogP contribution in [0.3, 0.4) is 0 Å². The molecule has 1 aliphatic carbocycles. The number of carbonyl (C=O) groups excluding carboxylic acids is 2. The lowest BCUT2D eigenvalue weighted by molar-refractivity contribution is -0.144. The lowest BCUT2D eigenvalue weighted by atomic mass is 9.67. The minimum Gasteiger partial charge on any atom is -0.493 e. The number of rotatable bonds is 16. The predicted octanol–water partition coefficient (Wildman–Crippen LogP) is 13.1. The number of ether oxygens (including phenoxy) is 4. The summed E-state index contributed by atoms with van der Waals surface area (Å²) in [6, 6.07) is 60.7. The first-order chi connectivity index (χ1) is 31.0. The van der Waals surface area contributed by atoms with Crippen LogP contribution in [0, 0.1) is 0 Å². The Hall–Kier alpha value is -7.18. The second-order valence-corrected chi connectivity index (χ2v) is 15.8. The normalized spacial score (nSPS) is 12.4. The van der Waals surface area contributed by atoms with E-state index >= 15 is 0 Å². The molecular weight excluding hydrogens is 781 g/mol. The zero-order valence-electron chi connectivity index (χ0n) is 35.8. The Morgan fingerprint density at radius 3 is 1.30 bits per heavy atom. The smallest absolute Gasteiger partial charge is 0.305 e. The Morgan fingerprint density at radius 1 is 0.460 bits per heavy atom. The highest BCUT2D eigenvalue weighted by Gasteiger charge is 2.46. The molecule has 1 aliphatic rings. The maximum absolute atomic E-state index is 12.1. The molecule has 0 amide bonds. The van der Waals surface area contributed by atoms with E-state index in [0.29, 0.717) is 52.1 Å². The first-order valence-electron chi connectivity index (χ1n) is 22.0. The molecule has 0 unspecified atom stereocenters. The second-order valence-electron chi connectivity index (χ2n) is 15.8. The SMILES string of the molecule is CCOC(=O)CCCOc1ccc2cc(C3(c4ccc5c(-c6ccccc6)c(OCCCC(=O)OCC)ccc5c4)c4ccccc4-c4ccccc43)ccc2c1-c1ccccc1. The van der Waals surface area contributed by atoms with Gasteiger partial charge in [-0.15, -0.1) is 0 Å². The van der Waals surface area contributed by atoms with Gasteiger partial charge in [-0.05, 0) is 117 Å². The monoisotopic (exact) mass is 830 g/mol. The number of esters is 2. The van der Waals surface area contributed by atoms with E-state index in [1.807, 2.05) is 26.0 Å². The van der Waals surface area contributed by atoms with Crippen molar-refractivity contribution in [1.82, 2.24) is 0 Å². The molecule has 0 bridgehead atoms. The maximum Gasteiger partial charge on any atom is 0.305 e. The summed E-state index contributed by atoms with van der Waals surface area (Å²) in [7, 11) is 0. The molecule has 0 saturated carbocycles. The molecule has 6 nitrogen and oxygen atoms in total. The summed E-state index contributed by atoms with van der Waals surface area (Å²) in [6.45, 7) is 5.19. The lowest BCUT2D eigenvalue weighted by Crippen LogP contribution is -2.28. The lowest BCUT2D eigenvalue weighted by Gasteiger charge is -2.34. The van der Waals surface area contributed by atoms with Gasteiger partial charge in [0.25, 0.3) is 0 Å². The van der Waals surface area contributed by atoms with E-state index in [2.05, 4.69) is 158 Å². The molecule has 0 aromatic heterocycles. The molecule has 314 valence electrons. The van der Waals surface area contributed by atoms with Crippen LogP contribution in [0.15, 0.2) is 170 Å². The van der Waals surface area contributed by atoms with Crippen LogP contribution >= 0.6 is 0 Å². The second kappa shape index (κ2) is 18.4. The molecule has 63 heavy (non-hydrogen) atoms. The largest absolute Gasteiger partial charge is 0.493 e. The number of hydrogen-bond donors (Lipinski definition) is 0. The van der Waals surface area contributed by atoms with Gasteiger partial charge in [-0.25, -0.2) is 0 Å². The van der Waals surface area contributed by atoms with Crippen molar-refractivity contribution in [1.29, 1.82) is 0 Å². The average molecular weight is 831 g/mol. The van der Waals surface area contributed by atoms with Crippen molar-refractivity contribution in [3.05, 3.63) is 192 Å². The first kappa shape index (κ1) is 41.2. The van der Waals surface area contributed by atoms with E-state index in [1.54, 1.807) is 0 Å². The molecule has 6 heteroatoms. The van der Waals surface area contributed by atoms with Crippen LogP contribution in [-0.2, 0) is 24.5 Å². The fourth-order valence-electron chi connectivity index (χ4n) is 9.42. The van der Waals surface area contributed by atoms with Gasteiger partial charge in [-0.1, -0.05) is 146 Å². The Labute approximate surface area is 369 Å². The Bertz CT molecular complexity index is 2720. The molecule has 0 fully saturated rings. The predicted molar refractivity (Wildman–Crippen MR) is 252 cm³/mol. The van der Waals surface area contributed by atoms with Gasteiger partial charge in [-0.3, -0.25) is 9.59 Å². The van der Waals surface area contributed by atoms with E-state index < -0.39 is 5.41 Å². The van der Waals surface area contributed by atoms with E-state index in [0.717, 1.165) is 55.3 Å². The van der Waals surface area contributed by atoms with Crippen molar-refractivity contribution in [2.75, 3.05) is 26.4 Å². The van der Waals surface area contributed by atoms with Crippen molar-refractivity contribution >= 4 is 33.5 Å². The van der Waals surface area contributed by atoms with Crippen molar-refractivity contribution in [3.63, 3.8) is 0 Å². The molecular formula is C57H50O6. The van der Waals surface area contributed by atoms with Gasteiger partial charge < -0.3 is 18.9 Å². The Kier molecular flexibility index (Phi) is 12.0. The number of benzene rings is 8. The summed E-state index contributed by atoms with van der Waals surface area (Å²) in [5.74, 6) is 1.15. The fraction of sp³-hybridized carbons (Fsp3) is 0.193. The van der Waals surface area contributed by atoms with E-state index in [4.69, 9.17) is 18.9 Å². The fourth-order valence-corrected chi connectivity index (χ4v) is 9.42. The van der Waals surface area contributed by atoms with Gasteiger partial charge in [0.2, 0.25) is 0 Å². The van der Waals surface area contributed by atoms with Gasteiger partial charge in [0.1, 0.15) is 11.5 Å². The van der Waals surface area contributed by atoms with Crippen molar-refractivity contribution in [2.45, 2.75) is 44.9 Å². The van der Waals surface area contributed by atoms with Gasteiger partial charge in [-0.2, -0.15) is 0 Å². The average Bonchev–Trinajstić information content (AvgIpc) is 3.63. The molecule has 0 atom stereocenters. The molecule has 9 rings (SSSR count). The van der Waals surface area contributed by atoms with Crippen LogP contribution in [-0.4, -0.2) is 38.4 Å². The quantitative estimate of drug-likeness (QED) is 0.0713. The summed E-state index contributed by atoms with van der Waals surface area (Å²) in [4.78, 5) is 24.2. The highest BCUT2D eigenvalue weighted by molar-refractivity contribution is 6.03. The van der Waals surface area contributed by atoms with Crippen molar-refractivity contribution < 1.29 is 28.5 Å². The van der Waals surface area contributed by atoms with Crippen LogP contribution < -0.4 is 9.47 Å². The molecule has 0 N–H and O–H groups in total. The molecule has 8 aromatic carbocycles. The van der Waals surface area contributed by atoms with Crippen LogP contribution in [0.4, 0.5) is 0 Å². The molecule has 0 radical (unpaired) electrons. The van der Waals surface area contributed by atoms with Crippen LogP contribution in [0.5, 0.6) is 11.5 Å². The summed E-state index contributed by atoms with van der Waals surface area (Å²) >= 11 is 0. The van der Waals surface area contributed by atoms with Gasteiger partial charge in [0.15, 0.2) is 0 Å². The minimum atomic E-state index is -0.639. The Balaban J connectivity index is 1.19. The Morgan fingerprint density at radius 2 is 0.873 bits per heavy atom. The standard InChI is InChI=1S/C57H50O6/c1-3-60-53(58)25-15-35-62-51-33-27-41-37-43(29-31-45(41)55(51)39-17-7-5-8-18-39)57(49-23-13-11-21-47(49)48-22-12-14-24-50(48)57)44-30-32-46-42(38-44)28-34-52(56(46)40-19-9-6-10-20-40)63-36-16-26-54(59)61-4-2/h5-14,17-24,27-34,37-38H,3-4,15-16,25-26,35-36H2,1-2H3. The van der Waals surface area contributed by atoms with Gasteiger partial charge in [0, 0.05) is 24.0 Å². The summed E-state index contributed by atoms with van der Waals surface area (Å²) in [5, 5.41) is 4.37. The van der Waals surface area contributed by atoms with Crippen LogP contribution in [0.2, 0.25) is 0 Å². The number of hydrogen-bond acceptors (Lipinski definition) is 6.